The van der Waals surface area contributed by atoms with Gasteiger partial charge in [0.25, 0.3) is 11.5 Å². The lowest BCUT2D eigenvalue weighted by atomic mass is 10.1. The van der Waals surface area contributed by atoms with Crippen molar-refractivity contribution in [2.24, 2.45) is 0 Å². The average Bonchev–Trinajstić information content (AvgIpc) is 3.38. The first-order valence-electron chi connectivity index (χ1n) is 8.95. The van der Waals surface area contributed by atoms with Crippen molar-refractivity contribution in [3.05, 3.63) is 86.5 Å². The summed E-state index contributed by atoms with van der Waals surface area (Å²) < 4.78 is 6.91. The Morgan fingerprint density at radius 2 is 2.18 bits per heavy atom. The molecule has 0 aromatic carbocycles. The minimum atomic E-state index is -0.244. The van der Waals surface area contributed by atoms with Gasteiger partial charge in [-0.15, -0.1) is 11.3 Å². The average molecular weight is 393 g/mol. The summed E-state index contributed by atoms with van der Waals surface area (Å²) in [4.78, 5) is 31.1. The van der Waals surface area contributed by atoms with Crippen LogP contribution in [0.3, 0.4) is 0 Å². The summed E-state index contributed by atoms with van der Waals surface area (Å²) in [6.45, 7) is 2.73. The maximum Gasteiger partial charge on any atom is 0.260 e. The topological polar surface area (TPSA) is 77.1 Å². The molecule has 7 heteroatoms. The number of amides is 1. The van der Waals surface area contributed by atoms with Gasteiger partial charge in [0.1, 0.15) is 5.76 Å². The lowest BCUT2D eigenvalue weighted by molar-refractivity contribution is 0.0953. The zero-order valence-electron chi connectivity index (χ0n) is 15.3. The predicted octanol–water partition coefficient (Wildman–Crippen LogP) is 3.38. The van der Waals surface area contributed by atoms with E-state index in [9.17, 15) is 9.59 Å². The minimum absolute atomic E-state index is 0.150. The molecule has 0 fully saturated rings. The van der Waals surface area contributed by atoms with Crippen molar-refractivity contribution in [1.82, 2.24) is 14.9 Å². The van der Waals surface area contributed by atoms with Crippen molar-refractivity contribution < 1.29 is 9.21 Å². The van der Waals surface area contributed by atoms with Gasteiger partial charge in [-0.25, -0.2) is 0 Å². The number of carbonyl (C=O) groups excluding carboxylic acids is 1. The summed E-state index contributed by atoms with van der Waals surface area (Å²) in [6.07, 6.45) is 3.96. The molecule has 0 spiro atoms. The van der Waals surface area contributed by atoms with Crippen LogP contribution >= 0.6 is 11.3 Å². The predicted molar refractivity (Wildman–Crippen MR) is 109 cm³/mol. The van der Waals surface area contributed by atoms with Crippen LogP contribution in [0.1, 0.15) is 26.7 Å². The Labute approximate surface area is 165 Å². The van der Waals surface area contributed by atoms with Gasteiger partial charge >= 0.3 is 0 Å². The van der Waals surface area contributed by atoms with E-state index >= 15 is 0 Å². The molecule has 1 amide bonds. The Morgan fingerprint density at radius 3 is 2.93 bits per heavy atom. The van der Waals surface area contributed by atoms with Gasteiger partial charge < -0.3 is 14.3 Å². The third-order valence-corrected chi connectivity index (χ3v) is 5.40. The first kappa shape index (κ1) is 18.2. The second kappa shape index (κ2) is 7.82. The van der Waals surface area contributed by atoms with Gasteiger partial charge in [-0.05, 0) is 42.6 Å². The molecule has 0 saturated carbocycles. The van der Waals surface area contributed by atoms with E-state index in [0.717, 1.165) is 10.6 Å². The van der Waals surface area contributed by atoms with Crippen molar-refractivity contribution in [1.29, 1.82) is 0 Å². The first-order valence-corrected chi connectivity index (χ1v) is 9.83. The number of furan rings is 1. The number of nitrogens with one attached hydrogen (secondary N) is 1. The molecular weight excluding hydrogens is 374 g/mol. The second-order valence-corrected chi connectivity index (χ2v) is 7.50. The van der Waals surface area contributed by atoms with E-state index in [2.05, 4.69) is 10.3 Å². The molecule has 0 aliphatic heterocycles. The van der Waals surface area contributed by atoms with Crippen LogP contribution in [-0.2, 0) is 13.0 Å². The van der Waals surface area contributed by atoms with E-state index in [0.29, 0.717) is 41.7 Å². The number of pyridine rings is 2. The van der Waals surface area contributed by atoms with Crippen LogP contribution in [0.2, 0.25) is 0 Å². The third kappa shape index (κ3) is 3.75. The molecule has 0 bridgehead atoms. The van der Waals surface area contributed by atoms with Crippen molar-refractivity contribution in [2.75, 3.05) is 6.54 Å². The van der Waals surface area contributed by atoms with Crippen LogP contribution in [-0.4, -0.2) is 22.0 Å². The summed E-state index contributed by atoms with van der Waals surface area (Å²) >= 11 is 1.60. The lowest BCUT2D eigenvalue weighted by Crippen LogP contribution is -2.27. The van der Waals surface area contributed by atoms with Crippen LogP contribution < -0.4 is 10.9 Å². The number of fused-ring (bicyclic) bond motifs is 1. The highest BCUT2D eigenvalue weighted by Crippen LogP contribution is 2.15. The van der Waals surface area contributed by atoms with Crippen LogP contribution in [0.15, 0.2) is 63.4 Å². The van der Waals surface area contributed by atoms with Gasteiger partial charge in [-0.1, -0.05) is 6.07 Å². The molecule has 0 aliphatic carbocycles. The molecule has 0 aliphatic rings. The highest BCUT2D eigenvalue weighted by Gasteiger charge is 2.14. The Kier molecular flexibility index (Phi) is 5.08. The fourth-order valence-corrected chi connectivity index (χ4v) is 3.78. The zero-order chi connectivity index (χ0) is 19.5. The highest BCUT2D eigenvalue weighted by molar-refractivity contribution is 7.09. The van der Waals surface area contributed by atoms with Gasteiger partial charge in [0.05, 0.1) is 35.0 Å². The summed E-state index contributed by atoms with van der Waals surface area (Å²) in [7, 11) is 0. The number of thiophene rings is 1. The van der Waals surface area contributed by atoms with E-state index in [1.54, 1.807) is 41.4 Å². The molecule has 0 saturated heterocycles. The number of aryl methyl sites for hydroxylation is 1. The standard InChI is InChI=1S/C21H19N3O3S/c1-14-17(20(25)22-8-6-15-4-2-10-27-15)12-18-19(23-14)7-9-24(21(18)26)13-16-5-3-11-28-16/h2-5,7,9-12H,6,8,13H2,1H3,(H,22,25). The maximum absolute atomic E-state index is 12.9. The number of hydrogen-bond acceptors (Lipinski definition) is 5. The van der Waals surface area contributed by atoms with Gasteiger partial charge in [0.15, 0.2) is 0 Å². The molecule has 1 N–H and O–H groups in total. The molecule has 0 atom stereocenters. The van der Waals surface area contributed by atoms with Gasteiger partial charge in [0.2, 0.25) is 0 Å². The Balaban J connectivity index is 1.59. The second-order valence-electron chi connectivity index (χ2n) is 6.47. The summed E-state index contributed by atoms with van der Waals surface area (Å²) in [5, 5.41) is 5.30. The largest absolute Gasteiger partial charge is 0.469 e. The van der Waals surface area contributed by atoms with E-state index < -0.39 is 0 Å². The van der Waals surface area contributed by atoms with Crippen molar-refractivity contribution in [2.45, 2.75) is 19.9 Å². The van der Waals surface area contributed by atoms with E-state index in [4.69, 9.17) is 4.42 Å². The zero-order valence-corrected chi connectivity index (χ0v) is 16.2. The normalized spacial score (nSPS) is 11.0. The molecule has 4 aromatic rings. The molecule has 4 aromatic heterocycles. The van der Waals surface area contributed by atoms with Crippen LogP contribution in [0, 0.1) is 6.92 Å². The number of carbonyl (C=O) groups is 1. The van der Waals surface area contributed by atoms with Gasteiger partial charge in [-0.2, -0.15) is 0 Å². The Morgan fingerprint density at radius 1 is 1.29 bits per heavy atom. The van der Waals surface area contributed by atoms with E-state index in [1.807, 2.05) is 35.7 Å². The fourth-order valence-electron chi connectivity index (χ4n) is 3.08. The highest BCUT2D eigenvalue weighted by atomic mass is 32.1. The smallest absolute Gasteiger partial charge is 0.260 e. The SMILES string of the molecule is Cc1nc2ccn(Cc3cccs3)c(=O)c2cc1C(=O)NCCc1ccco1. The minimum Gasteiger partial charge on any atom is -0.469 e. The monoisotopic (exact) mass is 393 g/mol. The quantitative estimate of drug-likeness (QED) is 0.545. The van der Waals surface area contributed by atoms with Gasteiger partial charge in [-0.3, -0.25) is 14.6 Å². The van der Waals surface area contributed by atoms with E-state index in [-0.39, 0.29) is 11.5 Å². The van der Waals surface area contributed by atoms with Crippen molar-refractivity contribution in [3.8, 4) is 0 Å². The Bertz CT molecular complexity index is 1160. The molecule has 6 nitrogen and oxygen atoms in total. The summed E-state index contributed by atoms with van der Waals surface area (Å²) in [6, 6.07) is 11.1. The fraction of sp³-hybridized carbons (Fsp3) is 0.190. The number of rotatable bonds is 6. The third-order valence-electron chi connectivity index (χ3n) is 4.53. The molecule has 0 radical (unpaired) electrons. The van der Waals surface area contributed by atoms with Crippen LogP contribution in [0.25, 0.3) is 10.9 Å². The molecule has 4 heterocycles. The van der Waals surface area contributed by atoms with Crippen LogP contribution in [0.5, 0.6) is 0 Å². The maximum atomic E-state index is 12.9. The Hall–Kier alpha value is -3.19. The molecule has 28 heavy (non-hydrogen) atoms. The first-order chi connectivity index (χ1) is 13.6. The lowest BCUT2D eigenvalue weighted by Gasteiger charge is -2.10. The molecule has 0 unspecified atom stereocenters. The number of hydrogen-bond donors (Lipinski definition) is 1. The molecular formula is C21H19N3O3S. The van der Waals surface area contributed by atoms with Crippen molar-refractivity contribution in [3.63, 3.8) is 0 Å². The number of aromatic nitrogens is 2. The van der Waals surface area contributed by atoms with Gasteiger partial charge in [0, 0.05) is 24.0 Å². The number of nitrogens with zero attached hydrogens (tertiary/aromatic N) is 2. The van der Waals surface area contributed by atoms with E-state index in [1.165, 1.54) is 0 Å². The van der Waals surface area contributed by atoms with Crippen molar-refractivity contribution >= 4 is 28.1 Å². The summed E-state index contributed by atoms with van der Waals surface area (Å²) in [5.41, 5.74) is 1.46. The molecule has 142 valence electrons. The van der Waals surface area contributed by atoms with Crippen LogP contribution in [0.4, 0.5) is 0 Å². The summed E-state index contributed by atoms with van der Waals surface area (Å²) in [5.74, 6) is 0.566. The molecule has 4 rings (SSSR count).